The smallest absolute Gasteiger partial charge is 0.339 e. The van der Waals surface area contributed by atoms with Crippen molar-refractivity contribution in [1.29, 1.82) is 0 Å². The van der Waals surface area contributed by atoms with Crippen molar-refractivity contribution < 1.29 is 14.7 Å². The Kier molecular flexibility index (Phi) is 3.90. The third kappa shape index (κ3) is 2.32. The molecule has 0 saturated carbocycles. The van der Waals surface area contributed by atoms with E-state index >= 15 is 0 Å². The first-order valence-corrected chi connectivity index (χ1v) is 6.98. The standard InChI is InChI=1S/C15H15NO3S/c1-10-6-3-4-7-12(10)15(14(18)19,16-11(2)17)13-8-5-9-20-13/h3-9H,1-2H3,(H,16,17)(H,18,19). The lowest BCUT2D eigenvalue weighted by Crippen LogP contribution is -2.52. The molecule has 1 unspecified atom stereocenters. The molecule has 2 rings (SSSR count). The zero-order chi connectivity index (χ0) is 14.8. The maximum absolute atomic E-state index is 12.0. The van der Waals surface area contributed by atoms with Gasteiger partial charge in [0, 0.05) is 11.8 Å². The van der Waals surface area contributed by atoms with Gasteiger partial charge < -0.3 is 10.4 Å². The Bertz CT molecular complexity index is 636. The van der Waals surface area contributed by atoms with Gasteiger partial charge in [-0.3, -0.25) is 4.79 Å². The first kappa shape index (κ1) is 14.3. The first-order valence-electron chi connectivity index (χ1n) is 6.10. The summed E-state index contributed by atoms with van der Waals surface area (Å²) in [6, 6.07) is 10.7. The lowest BCUT2D eigenvalue weighted by molar-refractivity contribution is -0.145. The molecule has 1 aromatic heterocycles. The largest absolute Gasteiger partial charge is 0.479 e. The number of hydrogen-bond acceptors (Lipinski definition) is 3. The van der Waals surface area contributed by atoms with Crippen molar-refractivity contribution in [2.75, 3.05) is 0 Å². The first-order chi connectivity index (χ1) is 9.48. The molecule has 0 saturated heterocycles. The van der Waals surface area contributed by atoms with Gasteiger partial charge in [-0.1, -0.05) is 30.3 Å². The molecule has 0 spiro atoms. The summed E-state index contributed by atoms with van der Waals surface area (Å²) in [6.45, 7) is 3.16. The average Bonchev–Trinajstić information content (AvgIpc) is 2.90. The Morgan fingerprint density at radius 2 is 1.90 bits per heavy atom. The van der Waals surface area contributed by atoms with Gasteiger partial charge in [-0.25, -0.2) is 4.79 Å². The van der Waals surface area contributed by atoms with Gasteiger partial charge in [0.25, 0.3) is 0 Å². The van der Waals surface area contributed by atoms with Crippen LogP contribution in [0.2, 0.25) is 0 Å². The summed E-state index contributed by atoms with van der Waals surface area (Å²) in [5.74, 6) is -1.48. The normalized spacial score (nSPS) is 13.5. The van der Waals surface area contributed by atoms with Crippen LogP contribution >= 0.6 is 11.3 Å². The molecule has 0 aliphatic carbocycles. The number of carbonyl (C=O) groups excluding carboxylic acids is 1. The number of carboxylic acid groups (broad SMARTS) is 1. The predicted octanol–water partition coefficient (Wildman–Crippen LogP) is 2.52. The maximum atomic E-state index is 12.0. The minimum Gasteiger partial charge on any atom is -0.479 e. The van der Waals surface area contributed by atoms with E-state index < -0.39 is 11.5 Å². The molecule has 1 aromatic carbocycles. The van der Waals surface area contributed by atoms with Crippen molar-refractivity contribution in [3.05, 3.63) is 57.8 Å². The topological polar surface area (TPSA) is 66.4 Å². The van der Waals surface area contributed by atoms with Crippen molar-refractivity contribution in [2.45, 2.75) is 19.4 Å². The van der Waals surface area contributed by atoms with Crippen LogP contribution in [0.15, 0.2) is 41.8 Å². The van der Waals surface area contributed by atoms with Gasteiger partial charge in [-0.05, 0) is 29.5 Å². The molecular formula is C15H15NO3S. The molecule has 1 amide bonds. The summed E-state index contributed by atoms with van der Waals surface area (Å²) < 4.78 is 0. The number of rotatable bonds is 4. The number of thiophene rings is 1. The van der Waals surface area contributed by atoms with Gasteiger partial charge in [-0.15, -0.1) is 11.3 Å². The van der Waals surface area contributed by atoms with Crippen LogP contribution in [0.4, 0.5) is 0 Å². The zero-order valence-electron chi connectivity index (χ0n) is 11.2. The maximum Gasteiger partial charge on any atom is 0.339 e. The van der Waals surface area contributed by atoms with Crippen LogP contribution in [0.5, 0.6) is 0 Å². The van der Waals surface area contributed by atoms with Gasteiger partial charge in [0.2, 0.25) is 5.91 Å². The summed E-state index contributed by atoms with van der Waals surface area (Å²) in [5.41, 5.74) is -0.145. The fourth-order valence-corrected chi connectivity index (χ4v) is 3.17. The number of hydrogen-bond donors (Lipinski definition) is 2. The van der Waals surface area contributed by atoms with Gasteiger partial charge in [0.1, 0.15) is 0 Å². The minimum atomic E-state index is -1.54. The molecule has 1 heterocycles. The van der Waals surface area contributed by atoms with Crippen molar-refractivity contribution in [3.63, 3.8) is 0 Å². The van der Waals surface area contributed by atoms with Gasteiger partial charge >= 0.3 is 5.97 Å². The van der Waals surface area contributed by atoms with E-state index in [9.17, 15) is 14.7 Å². The lowest BCUT2D eigenvalue weighted by Gasteiger charge is -2.31. The molecule has 0 fully saturated rings. The van der Waals surface area contributed by atoms with Crippen LogP contribution in [-0.2, 0) is 15.1 Å². The van der Waals surface area contributed by atoms with Gasteiger partial charge in [0.05, 0.1) is 0 Å². The van der Waals surface area contributed by atoms with Crippen LogP contribution < -0.4 is 5.32 Å². The summed E-state index contributed by atoms with van der Waals surface area (Å²) in [6.07, 6.45) is 0. The molecular weight excluding hydrogens is 274 g/mol. The number of amides is 1. The molecule has 0 bridgehead atoms. The molecule has 0 aliphatic heterocycles. The molecule has 2 N–H and O–H groups in total. The molecule has 0 aliphatic rings. The van der Waals surface area contributed by atoms with E-state index in [1.807, 2.05) is 19.1 Å². The highest BCUT2D eigenvalue weighted by atomic mass is 32.1. The van der Waals surface area contributed by atoms with Crippen molar-refractivity contribution >= 4 is 23.2 Å². The Morgan fingerprint density at radius 1 is 1.20 bits per heavy atom. The van der Waals surface area contributed by atoms with Crippen LogP contribution in [0.3, 0.4) is 0 Å². The highest BCUT2D eigenvalue weighted by Gasteiger charge is 2.45. The van der Waals surface area contributed by atoms with Crippen LogP contribution in [0.1, 0.15) is 22.9 Å². The second-order valence-corrected chi connectivity index (χ2v) is 5.48. The number of benzene rings is 1. The molecule has 4 nitrogen and oxygen atoms in total. The van der Waals surface area contributed by atoms with E-state index in [0.29, 0.717) is 10.4 Å². The van der Waals surface area contributed by atoms with Crippen molar-refractivity contribution in [3.8, 4) is 0 Å². The number of carboxylic acids is 1. The van der Waals surface area contributed by atoms with Crippen LogP contribution in [0, 0.1) is 6.92 Å². The van der Waals surface area contributed by atoms with Crippen molar-refractivity contribution in [2.24, 2.45) is 0 Å². The number of aryl methyl sites for hydroxylation is 1. The Hall–Kier alpha value is -2.14. The van der Waals surface area contributed by atoms with Crippen molar-refractivity contribution in [1.82, 2.24) is 5.32 Å². The van der Waals surface area contributed by atoms with E-state index in [1.165, 1.54) is 18.3 Å². The van der Waals surface area contributed by atoms with Crippen LogP contribution in [-0.4, -0.2) is 17.0 Å². The quantitative estimate of drug-likeness (QED) is 0.909. The van der Waals surface area contributed by atoms with E-state index in [4.69, 9.17) is 0 Å². The van der Waals surface area contributed by atoms with E-state index in [1.54, 1.807) is 29.6 Å². The molecule has 104 valence electrons. The van der Waals surface area contributed by atoms with E-state index in [0.717, 1.165) is 5.56 Å². The number of aliphatic carboxylic acids is 1. The Morgan fingerprint density at radius 3 is 2.40 bits per heavy atom. The monoisotopic (exact) mass is 289 g/mol. The summed E-state index contributed by atoms with van der Waals surface area (Å²) in [4.78, 5) is 24.2. The summed E-state index contributed by atoms with van der Waals surface area (Å²) >= 11 is 1.31. The van der Waals surface area contributed by atoms with Crippen LogP contribution in [0.25, 0.3) is 0 Å². The fourth-order valence-electron chi connectivity index (χ4n) is 2.29. The predicted molar refractivity (Wildman–Crippen MR) is 77.7 cm³/mol. The number of nitrogens with one attached hydrogen (secondary N) is 1. The Balaban J connectivity index is 2.74. The molecule has 1 atom stereocenters. The average molecular weight is 289 g/mol. The van der Waals surface area contributed by atoms with Gasteiger partial charge in [0.15, 0.2) is 5.54 Å². The SMILES string of the molecule is CC(=O)NC(C(=O)O)(c1cccs1)c1ccccc1C. The second-order valence-electron chi connectivity index (χ2n) is 4.53. The lowest BCUT2D eigenvalue weighted by atomic mass is 9.85. The summed E-state index contributed by atoms with van der Waals surface area (Å²) in [5, 5.41) is 14.2. The zero-order valence-corrected chi connectivity index (χ0v) is 12.0. The van der Waals surface area contributed by atoms with E-state index in [-0.39, 0.29) is 5.91 Å². The van der Waals surface area contributed by atoms with Gasteiger partial charge in [-0.2, -0.15) is 0 Å². The third-order valence-electron chi connectivity index (χ3n) is 3.12. The highest BCUT2D eigenvalue weighted by Crippen LogP contribution is 2.35. The second kappa shape index (κ2) is 5.46. The molecule has 20 heavy (non-hydrogen) atoms. The molecule has 2 aromatic rings. The molecule has 0 radical (unpaired) electrons. The summed E-state index contributed by atoms with van der Waals surface area (Å²) in [7, 11) is 0. The Labute approximate surface area is 121 Å². The minimum absolute atomic E-state index is 0.385. The highest BCUT2D eigenvalue weighted by molar-refractivity contribution is 7.10. The molecule has 5 heteroatoms. The third-order valence-corrected chi connectivity index (χ3v) is 4.11. The fraction of sp³-hybridized carbons (Fsp3) is 0.200. The number of carbonyl (C=O) groups is 2. The van der Waals surface area contributed by atoms with E-state index in [2.05, 4.69) is 5.32 Å².